The SMILES string of the molecule is CC(C)(C)c1ccc(-c2[c-]cc(-c3ccccc3)cc2)nc1.CCC(CC)/C(O)=C/C(=O)C(C)(CC)CC.Cc1[c-]c(-c2nccc3c2ccc2ccc(F)cc23)cc(C)c1.[Ir]. The predicted octanol–water partition coefficient (Wildman–Crippen LogP) is 15.4. The molecule has 0 fully saturated rings. The molecule has 0 aliphatic rings. The van der Waals surface area contributed by atoms with Gasteiger partial charge < -0.3 is 15.1 Å². The van der Waals surface area contributed by atoms with E-state index in [1.807, 2.05) is 78.1 Å². The summed E-state index contributed by atoms with van der Waals surface area (Å²) in [6.07, 6.45) is 8.58. The van der Waals surface area contributed by atoms with Gasteiger partial charge in [0.1, 0.15) is 5.82 Å². The van der Waals surface area contributed by atoms with Gasteiger partial charge in [-0.1, -0.05) is 141 Å². The van der Waals surface area contributed by atoms with Gasteiger partial charge in [-0.2, -0.15) is 0 Å². The number of pyridine rings is 2. The maximum atomic E-state index is 13.7. The van der Waals surface area contributed by atoms with Crippen molar-refractivity contribution in [2.24, 2.45) is 11.3 Å². The minimum absolute atomic E-state index is 0. The molecule has 4 nitrogen and oxygen atoms in total. The molecule has 0 spiro atoms. The van der Waals surface area contributed by atoms with Crippen molar-refractivity contribution in [1.29, 1.82) is 0 Å². The fourth-order valence-corrected chi connectivity index (χ4v) is 7.32. The Morgan fingerprint density at radius 2 is 1.45 bits per heavy atom. The molecule has 6 heteroatoms. The van der Waals surface area contributed by atoms with Gasteiger partial charge in [0.05, 0.1) is 5.76 Å². The summed E-state index contributed by atoms with van der Waals surface area (Å²) in [4.78, 5) is 21.2. The standard InChI is InChI=1S/C21H15FN.C21H20N.C14H26O2.Ir/c1-13-9-14(2)11-16(10-13)21-19-6-4-15-3-5-17(22)12-20(15)18(19)7-8-23-21;1-21(2,3)19-13-14-20(22-15-19)18-11-9-17(10-12-18)16-7-5-4-6-8-16;1-6-11(7-2)12(15)10-13(16)14(5,8-3)9-4;/h3-10,12H,1-2H3;4-11,13-15H,1-3H3;10-11,15H,6-9H2,1-5H3;/q2*-1;;/b;;12-10-;. The second kappa shape index (κ2) is 22.2. The number of hydrogen-bond acceptors (Lipinski definition) is 4. The van der Waals surface area contributed by atoms with Crippen LogP contribution in [0.2, 0.25) is 0 Å². The minimum atomic E-state index is -0.319. The molecule has 1 radical (unpaired) electrons. The van der Waals surface area contributed by atoms with E-state index in [4.69, 9.17) is 0 Å². The Bertz CT molecular complexity index is 2550. The molecule has 0 aliphatic carbocycles. The first-order valence-electron chi connectivity index (χ1n) is 21.6. The van der Waals surface area contributed by atoms with E-state index in [9.17, 15) is 14.3 Å². The average Bonchev–Trinajstić information content (AvgIpc) is 3.26. The van der Waals surface area contributed by atoms with E-state index < -0.39 is 0 Å². The summed E-state index contributed by atoms with van der Waals surface area (Å²) in [5.41, 5.74) is 9.57. The van der Waals surface area contributed by atoms with E-state index in [2.05, 4.69) is 117 Å². The minimum Gasteiger partial charge on any atom is -0.512 e. The Balaban J connectivity index is 0.000000207. The van der Waals surface area contributed by atoms with Crippen LogP contribution in [0.1, 0.15) is 97.8 Å². The molecule has 0 saturated carbocycles. The number of fused-ring (bicyclic) bond motifs is 3. The first kappa shape index (κ1) is 49.4. The Morgan fingerprint density at radius 1 is 0.758 bits per heavy atom. The van der Waals surface area contributed by atoms with Crippen LogP contribution in [-0.2, 0) is 30.3 Å². The molecule has 0 unspecified atom stereocenters. The Kier molecular flexibility index (Phi) is 17.7. The van der Waals surface area contributed by atoms with Crippen molar-refractivity contribution in [3.8, 4) is 33.6 Å². The smallest absolute Gasteiger partial charge is 0.164 e. The van der Waals surface area contributed by atoms with Crippen LogP contribution in [0, 0.1) is 43.1 Å². The molecule has 62 heavy (non-hydrogen) atoms. The van der Waals surface area contributed by atoms with Crippen molar-refractivity contribution in [3.63, 3.8) is 0 Å². The molecule has 0 amide bonds. The second-order valence-electron chi connectivity index (χ2n) is 17.2. The number of aliphatic hydroxyl groups excluding tert-OH is 1. The fraction of sp³-hybridized carbons (Fsp3) is 0.304. The van der Waals surface area contributed by atoms with Crippen molar-refractivity contribution < 1.29 is 34.4 Å². The van der Waals surface area contributed by atoms with Gasteiger partial charge in [0.15, 0.2) is 5.78 Å². The number of halogens is 1. The Labute approximate surface area is 383 Å². The number of allylic oxidation sites excluding steroid dienone is 2. The van der Waals surface area contributed by atoms with Crippen LogP contribution >= 0.6 is 0 Å². The number of aryl methyl sites for hydroxylation is 2. The van der Waals surface area contributed by atoms with Crippen LogP contribution in [0.3, 0.4) is 0 Å². The van der Waals surface area contributed by atoms with Crippen LogP contribution in [-0.4, -0.2) is 20.9 Å². The predicted molar refractivity (Wildman–Crippen MR) is 254 cm³/mol. The number of carbonyl (C=O) groups is 1. The molecule has 0 atom stereocenters. The first-order chi connectivity index (χ1) is 29.1. The van der Waals surface area contributed by atoms with E-state index in [-0.39, 0.29) is 54.2 Å². The number of benzene rings is 5. The molecular weight excluding hydrogens is 944 g/mol. The summed E-state index contributed by atoms with van der Waals surface area (Å²) in [5, 5.41) is 13.8. The third-order valence-corrected chi connectivity index (χ3v) is 11.8. The van der Waals surface area contributed by atoms with Gasteiger partial charge in [0.25, 0.3) is 0 Å². The molecule has 0 aliphatic heterocycles. The largest absolute Gasteiger partial charge is 0.512 e. The summed E-state index contributed by atoms with van der Waals surface area (Å²) in [6, 6.07) is 42.7. The van der Waals surface area contributed by atoms with Crippen LogP contribution in [0.25, 0.3) is 55.2 Å². The maximum Gasteiger partial charge on any atom is 0.164 e. The quantitative estimate of drug-likeness (QED) is 0.0642. The van der Waals surface area contributed by atoms with Crippen LogP contribution < -0.4 is 0 Å². The first-order valence-corrected chi connectivity index (χ1v) is 21.6. The number of carbonyl (C=O) groups excluding carboxylic acids is 1. The number of aromatic nitrogens is 2. The van der Waals surface area contributed by atoms with Gasteiger partial charge >= 0.3 is 0 Å². The van der Waals surface area contributed by atoms with E-state index in [1.165, 1.54) is 34.4 Å². The molecular formula is C56H61FIrN2O2-2. The third-order valence-electron chi connectivity index (χ3n) is 11.8. The molecule has 0 bridgehead atoms. The molecule has 5 aromatic carbocycles. The Morgan fingerprint density at radius 3 is 2.03 bits per heavy atom. The molecule has 325 valence electrons. The van der Waals surface area contributed by atoms with Crippen molar-refractivity contribution in [2.45, 2.75) is 100 Å². The van der Waals surface area contributed by atoms with Crippen molar-refractivity contribution in [2.75, 3.05) is 0 Å². The number of rotatable bonds is 10. The molecule has 2 aromatic heterocycles. The van der Waals surface area contributed by atoms with Crippen LogP contribution in [0.4, 0.5) is 4.39 Å². The summed E-state index contributed by atoms with van der Waals surface area (Å²) in [5.74, 6) is 0.216. The van der Waals surface area contributed by atoms with Crippen molar-refractivity contribution in [1.82, 2.24) is 9.97 Å². The monoisotopic (exact) mass is 1010 g/mol. The summed E-state index contributed by atoms with van der Waals surface area (Å²) in [7, 11) is 0. The maximum absolute atomic E-state index is 13.7. The zero-order valence-electron chi connectivity index (χ0n) is 38.0. The second-order valence-corrected chi connectivity index (χ2v) is 17.2. The van der Waals surface area contributed by atoms with E-state index in [1.54, 1.807) is 12.3 Å². The number of ketones is 1. The van der Waals surface area contributed by atoms with Gasteiger partial charge in [-0.05, 0) is 87.8 Å². The average molecular weight is 1010 g/mol. The summed E-state index contributed by atoms with van der Waals surface area (Å²) < 4.78 is 13.7. The number of aliphatic hydroxyl groups is 1. The molecule has 1 N–H and O–H groups in total. The van der Waals surface area contributed by atoms with Gasteiger partial charge in [-0.15, -0.1) is 64.7 Å². The third kappa shape index (κ3) is 12.4. The number of hydrogen-bond donors (Lipinski definition) is 1. The molecule has 2 heterocycles. The topological polar surface area (TPSA) is 63.1 Å². The zero-order chi connectivity index (χ0) is 44.3. The van der Waals surface area contributed by atoms with Gasteiger partial charge in [0.2, 0.25) is 0 Å². The normalized spacial score (nSPS) is 11.6. The van der Waals surface area contributed by atoms with Crippen LogP contribution in [0.5, 0.6) is 0 Å². The molecule has 0 saturated heterocycles. The van der Waals surface area contributed by atoms with Gasteiger partial charge in [-0.3, -0.25) is 4.79 Å². The van der Waals surface area contributed by atoms with Gasteiger partial charge in [0, 0.05) is 49.9 Å². The summed E-state index contributed by atoms with van der Waals surface area (Å²) in [6.45, 7) is 20.8. The molecule has 7 aromatic rings. The Hall–Kier alpha value is -5.29. The van der Waals surface area contributed by atoms with E-state index in [0.717, 1.165) is 75.3 Å². The zero-order valence-corrected chi connectivity index (χ0v) is 40.4. The number of nitrogens with zero attached hydrogens (tertiary/aromatic N) is 2. The van der Waals surface area contributed by atoms with Crippen molar-refractivity contribution >= 4 is 27.3 Å². The van der Waals surface area contributed by atoms with E-state index >= 15 is 0 Å². The summed E-state index contributed by atoms with van der Waals surface area (Å²) >= 11 is 0. The van der Waals surface area contributed by atoms with Crippen LogP contribution in [0.15, 0.2) is 133 Å². The fourth-order valence-electron chi connectivity index (χ4n) is 7.32. The van der Waals surface area contributed by atoms with Gasteiger partial charge in [-0.25, -0.2) is 4.39 Å². The van der Waals surface area contributed by atoms with Crippen molar-refractivity contribution in [3.05, 3.63) is 168 Å². The van der Waals surface area contributed by atoms with E-state index in [0.29, 0.717) is 0 Å². The molecule has 7 rings (SSSR count).